The van der Waals surface area contributed by atoms with Crippen molar-refractivity contribution in [2.24, 2.45) is 16.5 Å². The van der Waals surface area contributed by atoms with Crippen LogP contribution in [0.15, 0.2) is 61.9 Å². The lowest BCUT2D eigenvalue weighted by molar-refractivity contribution is -0.109. The second-order valence-electron chi connectivity index (χ2n) is 9.13. The third kappa shape index (κ3) is 10.8. The lowest BCUT2D eigenvalue weighted by Crippen LogP contribution is -2.24. The molecule has 2 aliphatic rings. The van der Waals surface area contributed by atoms with E-state index in [2.05, 4.69) is 33.3 Å². The van der Waals surface area contributed by atoms with Crippen LogP contribution in [0.25, 0.3) is 5.57 Å². The van der Waals surface area contributed by atoms with Crippen LogP contribution >= 0.6 is 0 Å². The molecule has 6 N–H and O–H groups in total. The standard InChI is InChI=1S/C15H24N4O2.C14H16N2O2/c1-11-4-5-12(15(17)21)9-13(8-11)14(16)19-7-3-2-6-18-10-20;1-4-6-13-15-14(16-18-13)11(5-2)9-12-7-8-17-10(12)3/h4-5,8,10,15,21H,2-3,6-7,9,17H2,1H3,(H2,16,19)(H,18,20);2,9H,4,6-8H2,1,3H3/b;11-9+. The Morgan fingerprint density at radius 3 is 2.79 bits per heavy atom. The predicted octanol–water partition coefficient (Wildman–Crippen LogP) is 3.08. The summed E-state index contributed by atoms with van der Waals surface area (Å²) < 4.78 is 10.5. The Balaban J connectivity index is 0.000000276. The highest BCUT2D eigenvalue weighted by Gasteiger charge is 2.15. The molecule has 1 unspecified atom stereocenters. The van der Waals surface area contributed by atoms with Gasteiger partial charge in [0.2, 0.25) is 18.1 Å². The van der Waals surface area contributed by atoms with E-state index in [1.54, 1.807) is 0 Å². The Morgan fingerprint density at radius 1 is 1.36 bits per heavy atom. The molecule has 1 amide bonds. The van der Waals surface area contributed by atoms with Crippen molar-refractivity contribution in [2.75, 3.05) is 19.7 Å². The molecule has 1 aromatic rings. The number of nitrogens with one attached hydrogen (secondary N) is 1. The molecule has 1 atom stereocenters. The monoisotopic (exact) mass is 536 g/mol. The van der Waals surface area contributed by atoms with Crippen molar-refractivity contribution in [3.8, 4) is 12.3 Å². The first-order valence-corrected chi connectivity index (χ1v) is 13.1. The summed E-state index contributed by atoms with van der Waals surface area (Å²) in [7, 11) is 0. The number of nitrogens with zero attached hydrogens (tertiary/aromatic N) is 3. The van der Waals surface area contributed by atoms with Crippen molar-refractivity contribution in [1.82, 2.24) is 15.5 Å². The summed E-state index contributed by atoms with van der Waals surface area (Å²) in [6, 6.07) is 0. The highest BCUT2D eigenvalue weighted by atomic mass is 16.5. The van der Waals surface area contributed by atoms with E-state index in [9.17, 15) is 9.90 Å². The van der Waals surface area contributed by atoms with Gasteiger partial charge in [-0.1, -0.05) is 41.8 Å². The summed E-state index contributed by atoms with van der Waals surface area (Å²) in [5, 5.41) is 16.0. The number of ether oxygens (including phenoxy) is 1. The Labute approximate surface area is 230 Å². The van der Waals surface area contributed by atoms with E-state index in [4.69, 9.17) is 27.2 Å². The fourth-order valence-electron chi connectivity index (χ4n) is 3.74. The molecular weight excluding hydrogens is 496 g/mol. The number of amidine groups is 1. The molecule has 0 bridgehead atoms. The van der Waals surface area contributed by atoms with Crippen LogP contribution in [0.1, 0.15) is 64.6 Å². The first kappa shape index (κ1) is 31.3. The number of hydrogen-bond donors (Lipinski definition) is 4. The summed E-state index contributed by atoms with van der Waals surface area (Å²) in [4.78, 5) is 18.7. The van der Waals surface area contributed by atoms with Gasteiger partial charge in [-0.15, -0.1) is 6.42 Å². The minimum absolute atomic E-state index is 0.472. The molecule has 1 aliphatic carbocycles. The van der Waals surface area contributed by atoms with Crippen LogP contribution in [-0.4, -0.2) is 53.4 Å². The maximum absolute atomic E-state index is 10.1. The fourth-order valence-corrected chi connectivity index (χ4v) is 3.74. The lowest BCUT2D eigenvalue weighted by atomic mass is 10.0. The fraction of sp³-hybridized carbons (Fsp3) is 0.448. The highest BCUT2D eigenvalue weighted by molar-refractivity contribution is 5.98. The average molecular weight is 537 g/mol. The first-order chi connectivity index (χ1) is 18.8. The van der Waals surface area contributed by atoms with E-state index in [1.165, 1.54) is 0 Å². The highest BCUT2D eigenvalue weighted by Crippen LogP contribution is 2.23. The van der Waals surface area contributed by atoms with Gasteiger partial charge in [0, 0.05) is 32.4 Å². The lowest BCUT2D eigenvalue weighted by Gasteiger charge is -2.12. The largest absolute Gasteiger partial charge is 0.498 e. The normalized spacial score (nSPS) is 16.6. The summed E-state index contributed by atoms with van der Waals surface area (Å²) in [5.74, 6) is 5.10. The molecule has 210 valence electrons. The summed E-state index contributed by atoms with van der Waals surface area (Å²) in [5.41, 5.74) is 15.9. The average Bonchev–Trinajstić information content (AvgIpc) is 3.49. The van der Waals surface area contributed by atoms with Crippen molar-refractivity contribution in [3.63, 3.8) is 0 Å². The summed E-state index contributed by atoms with van der Waals surface area (Å²) in [6.07, 6.45) is 17.6. The van der Waals surface area contributed by atoms with E-state index in [-0.39, 0.29) is 0 Å². The molecule has 0 aromatic carbocycles. The van der Waals surface area contributed by atoms with Crippen molar-refractivity contribution in [3.05, 3.63) is 64.1 Å². The SMILES string of the molecule is C#C/C(=C\C1=C(C)OCC1)c1noc(CCC)n1.CC1=CC=C(C(N)O)CC(C(N)=NCCCCNC=O)=C1. The van der Waals surface area contributed by atoms with Gasteiger partial charge in [0.25, 0.3) is 0 Å². The van der Waals surface area contributed by atoms with Gasteiger partial charge in [-0.05, 0) is 55.9 Å². The number of carbonyl (C=O) groups is 1. The maximum atomic E-state index is 10.1. The number of aromatic nitrogens is 2. The van der Waals surface area contributed by atoms with Gasteiger partial charge < -0.3 is 31.2 Å². The molecule has 2 heterocycles. The minimum atomic E-state index is -0.988. The van der Waals surface area contributed by atoms with E-state index in [1.807, 2.05) is 38.2 Å². The number of hydrogen-bond acceptors (Lipinski definition) is 8. The molecule has 3 rings (SSSR count). The molecule has 0 fully saturated rings. The molecule has 0 radical (unpaired) electrons. The number of aliphatic imine (C=N–C) groups is 1. The quantitative estimate of drug-likeness (QED) is 0.0791. The minimum Gasteiger partial charge on any atom is -0.498 e. The summed E-state index contributed by atoms with van der Waals surface area (Å²) >= 11 is 0. The van der Waals surface area contributed by atoms with Gasteiger partial charge in [-0.3, -0.25) is 9.79 Å². The van der Waals surface area contributed by atoms with Crippen LogP contribution in [-0.2, 0) is 16.0 Å². The van der Waals surface area contributed by atoms with Crippen molar-refractivity contribution in [2.45, 2.75) is 65.5 Å². The number of amides is 1. The van der Waals surface area contributed by atoms with E-state index < -0.39 is 6.23 Å². The molecule has 10 heteroatoms. The predicted molar refractivity (Wildman–Crippen MR) is 153 cm³/mol. The molecule has 0 saturated carbocycles. The Hall–Kier alpha value is -3.94. The number of aliphatic hydroxyl groups excluding tert-OH is 1. The number of unbranched alkanes of at least 4 members (excludes halogenated alkanes) is 1. The molecule has 1 aromatic heterocycles. The Morgan fingerprint density at radius 2 is 2.15 bits per heavy atom. The zero-order valence-corrected chi connectivity index (χ0v) is 23.1. The Bertz CT molecular complexity index is 1190. The van der Waals surface area contributed by atoms with Crippen molar-refractivity contribution < 1.29 is 19.2 Å². The number of allylic oxidation sites excluding steroid dienone is 7. The number of rotatable bonds is 12. The number of aryl methyl sites for hydroxylation is 1. The van der Waals surface area contributed by atoms with Crippen LogP contribution in [0.5, 0.6) is 0 Å². The van der Waals surface area contributed by atoms with E-state index in [0.29, 0.717) is 61.2 Å². The number of carbonyl (C=O) groups excluding carboxylic acids is 1. The van der Waals surface area contributed by atoms with Crippen LogP contribution < -0.4 is 16.8 Å². The first-order valence-electron chi connectivity index (χ1n) is 13.1. The smallest absolute Gasteiger partial charge is 0.226 e. The van der Waals surface area contributed by atoms with Crippen LogP contribution in [0.3, 0.4) is 0 Å². The molecular formula is C29H40N6O4. The van der Waals surface area contributed by atoms with Gasteiger partial charge in [-0.25, -0.2) is 0 Å². The van der Waals surface area contributed by atoms with E-state index in [0.717, 1.165) is 54.6 Å². The van der Waals surface area contributed by atoms with Crippen LogP contribution in [0, 0.1) is 12.3 Å². The number of aliphatic hydroxyl groups is 1. The Kier molecular flexibility index (Phi) is 13.5. The van der Waals surface area contributed by atoms with Gasteiger partial charge in [0.05, 0.1) is 17.9 Å². The number of nitrogens with two attached hydrogens (primary N) is 2. The maximum Gasteiger partial charge on any atom is 0.226 e. The molecule has 39 heavy (non-hydrogen) atoms. The zero-order valence-electron chi connectivity index (χ0n) is 23.1. The zero-order chi connectivity index (χ0) is 28.6. The van der Waals surface area contributed by atoms with Crippen molar-refractivity contribution >= 4 is 17.8 Å². The van der Waals surface area contributed by atoms with Gasteiger partial charge in [0.15, 0.2) is 0 Å². The van der Waals surface area contributed by atoms with Crippen LogP contribution in [0.2, 0.25) is 0 Å². The third-order valence-corrected chi connectivity index (χ3v) is 5.95. The number of terminal acetylenes is 1. The third-order valence-electron chi connectivity index (χ3n) is 5.95. The van der Waals surface area contributed by atoms with E-state index >= 15 is 0 Å². The van der Waals surface area contributed by atoms with Gasteiger partial charge in [-0.2, -0.15) is 4.98 Å². The molecule has 10 nitrogen and oxygen atoms in total. The van der Waals surface area contributed by atoms with Crippen molar-refractivity contribution in [1.29, 1.82) is 0 Å². The molecule has 1 aliphatic heterocycles. The molecule has 0 saturated heterocycles. The van der Waals surface area contributed by atoms with Gasteiger partial charge in [0.1, 0.15) is 12.1 Å². The second kappa shape index (κ2) is 16.8. The summed E-state index contributed by atoms with van der Waals surface area (Å²) in [6.45, 7) is 7.92. The topological polar surface area (TPSA) is 162 Å². The second-order valence-corrected chi connectivity index (χ2v) is 9.13. The van der Waals surface area contributed by atoms with Gasteiger partial charge >= 0.3 is 0 Å². The van der Waals surface area contributed by atoms with Crippen LogP contribution in [0.4, 0.5) is 0 Å². The molecule has 0 spiro atoms.